The number of halogens is 1. The van der Waals surface area contributed by atoms with Crippen LogP contribution < -0.4 is 5.32 Å². The van der Waals surface area contributed by atoms with Gasteiger partial charge >= 0.3 is 0 Å². The molecule has 3 rings (SSSR count). The van der Waals surface area contributed by atoms with Gasteiger partial charge in [-0.15, -0.1) is 0 Å². The van der Waals surface area contributed by atoms with Gasteiger partial charge in [0, 0.05) is 29.1 Å². The van der Waals surface area contributed by atoms with Gasteiger partial charge in [-0.1, -0.05) is 46.3 Å². The van der Waals surface area contributed by atoms with Crippen LogP contribution >= 0.6 is 15.9 Å². The first kappa shape index (κ1) is 13.9. The molecule has 0 aliphatic heterocycles. The van der Waals surface area contributed by atoms with E-state index < -0.39 is 0 Å². The van der Waals surface area contributed by atoms with Crippen LogP contribution in [0.3, 0.4) is 0 Å². The van der Waals surface area contributed by atoms with Crippen LogP contribution in [0.2, 0.25) is 0 Å². The number of nitrogens with zero attached hydrogens (tertiary/aromatic N) is 2. The molecule has 0 bridgehead atoms. The maximum Gasteiger partial charge on any atom is 0.0679 e. The first-order valence-corrected chi connectivity index (χ1v) is 7.64. The molecule has 1 aromatic heterocycles. The van der Waals surface area contributed by atoms with Crippen molar-refractivity contribution in [3.05, 3.63) is 82.6 Å². The van der Waals surface area contributed by atoms with Crippen LogP contribution in [0.4, 0.5) is 5.69 Å². The monoisotopic (exact) mass is 341 g/mol. The van der Waals surface area contributed by atoms with Gasteiger partial charge in [-0.25, -0.2) is 0 Å². The largest absolute Gasteiger partial charge is 0.381 e. The molecule has 106 valence electrons. The van der Waals surface area contributed by atoms with Crippen LogP contribution in [-0.4, -0.2) is 9.78 Å². The van der Waals surface area contributed by atoms with Crippen LogP contribution in [0.15, 0.2) is 71.5 Å². The number of anilines is 1. The zero-order valence-electron chi connectivity index (χ0n) is 11.5. The SMILES string of the molecule is Brc1cccc(CNc2ccccc2Cn2cccn2)c1. The normalized spacial score (nSPS) is 10.5. The summed E-state index contributed by atoms with van der Waals surface area (Å²) in [7, 11) is 0. The fourth-order valence-electron chi connectivity index (χ4n) is 2.24. The minimum atomic E-state index is 0.772. The Morgan fingerprint density at radius 2 is 1.95 bits per heavy atom. The zero-order chi connectivity index (χ0) is 14.5. The average Bonchev–Trinajstić information content (AvgIpc) is 2.99. The van der Waals surface area contributed by atoms with Crippen LogP contribution in [0, 0.1) is 0 Å². The lowest BCUT2D eigenvalue weighted by Gasteiger charge is -2.12. The van der Waals surface area contributed by atoms with Gasteiger partial charge in [0.2, 0.25) is 0 Å². The Balaban J connectivity index is 1.73. The van der Waals surface area contributed by atoms with E-state index in [2.05, 4.69) is 68.8 Å². The number of benzene rings is 2. The van der Waals surface area contributed by atoms with E-state index in [1.165, 1.54) is 11.1 Å². The molecule has 0 radical (unpaired) electrons. The second kappa shape index (κ2) is 6.59. The lowest BCUT2D eigenvalue weighted by atomic mass is 10.1. The molecule has 0 saturated carbocycles. The number of nitrogens with one attached hydrogen (secondary N) is 1. The first-order valence-electron chi connectivity index (χ1n) is 6.85. The molecule has 3 aromatic rings. The molecular formula is C17H16BrN3. The van der Waals surface area contributed by atoms with Gasteiger partial charge in [0.15, 0.2) is 0 Å². The van der Waals surface area contributed by atoms with E-state index in [0.717, 1.165) is 23.2 Å². The second-order valence-corrected chi connectivity index (χ2v) is 5.76. The standard InChI is InChI=1S/C17H16BrN3/c18-16-7-3-5-14(11-16)12-19-17-8-2-1-6-15(17)13-21-10-4-9-20-21/h1-11,19H,12-13H2. The van der Waals surface area contributed by atoms with Gasteiger partial charge in [0.05, 0.1) is 6.54 Å². The third-order valence-corrected chi connectivity index (χ3v) is 3.77. The molecule has 0 atom stereocenters. The van der Waals surface area contributed by atoms with E-state index in [4.69, 9.17) is 0 Å². The number of aromatic nitrogens is 2. The summed E-state index contributed by atoms with van der Waals surface area (Å²) in [5, 5.41) is 7.77. The quantitative estimate of drug-likeness (QED) is 0.749. The number of para-hydroxylation sites is 1. The fraction of sp³-hybridized carbons (Fsp3) is 0.118. The van der Waals surface area contributed by atoms with E-state index in [1.54, 1.807) is 6.20 Å². The van der Waals surface area contributed by atoms with Crippen molar-refractivity contribution < 1.29 is 0 Å². The summed E-state index contributed by atoms with van der Waals surface area (Å²) in [6.45, 7) is 1.57. The minimum Gasteiger partial charge on any atom is -0.381 e. The second-order valence-electron chi connectivity index (χ2n) is 4.84. The van der Waals surface area contributed by atoms with Gasteiger partial charge in [0.25, 0.3) is 0 Å². The predicted octanol–water partition coefficient (Wildman–Crippen LogP) is 4.31. The fourth-order valence-corrected chi connectivity index (χ4v) is 2.69. The predicted molar refractivity (Wildman–Crippen MR) is 89.2 cm³/mol. The Bertz CT molecular complexity index is 708. The van der Waals surface area contributed by atoms with Crippen LogP contribution in [0.25, 0.3) is 0 Å². The highest BCUT2D eigenvalue weighted by Gasteiger charge is 2.03. The van der Waals surface area contributed by atoms with E-state index in [9.17, 15) is 0 Å². The summed E-state index contributed by atoms with van der Waals surface area (Å²) in [4.78, 5) is 0. The van der Waals surface area contributed by atoms with E-state index >= 15 is 0 Å². The molecule has 0 aliphatic carbocycles. The van der Waals surface area contributed by atoms with Gasteiger partial charge in [-0.05, 0) is 35.4 Å². The highest BCUT2D eigenvalue weighted by Crippen LogP contribution is 2.18. The molecule has 0 amide bonds. The third kappa shape index (κ3) is 3.73. The summed E-state index contributed by atoms with van der Waals surface area (Å²) in [5.41, 5.74) is 3.63. The van der Waals surface area contributed by atoms with Gasteiger partial charge in [-0.2, -0.15) is 5.10 Å². The zero-order valence-corrected chi connectivity index (χ0v) is 13.1. The van der Waals surface area contributed by atoms with Crippen molar-refractivity contribution in [3.8, 4) is 0 Å². The van der Waals surface area contributed by atoms with E-state index in [-0.39, 0.29) is 0 Å². The molecule has 1 N–H and O–H groups in total. The molecule has 3 nitrogen and oxygen atoms in total. The van der Waals surface area contributed by atoms with Crippen molar-refractivity contribution in [2.45, 2.75) is 13.1 Å². The Morgan fingerprint density at radius 3 is 2.76 bits per heavy atom. The lowest BCUT2D eigenvalue weighted by molar-refractivity contribution is 0.687. The molecule has 1 heterocycles. The number of hydrogen-bond acceptors (Lipinski definition) is 2. The molecule has 0 spiro atoms. The number of hydrogen-bond donors (Lipinski definition) is 1. The Kier molecular flexibility index (Phi) is 4.36. The molecule has 0 unspecified atom stereocenters. The lowest BCUT2D eigenvalue weighted by Crippen LogP contribution is -2.06. The Hall–Kier alpha value is -2.07. The topological polar surface area (TPSA) is 29.9 Å². The van der Waals surface area contributed by atoms with Crippen molar-refractivity contribution in [2.75, 3.05) is 5.32 Å². The summed E-state index contributed by atoms with van der Waals surface area (Å²) < 4.78 is 3.03. The smallest absolute Gasteiger partial charge is 0.0679 e. The van der Waals surface area contributed by atoms with E-state index in [0.29, 0.717) is 0 Å². The van der Waals surface area contributed by atoms with Crippen molar-refractivity contribution >= 4 is 21.6 Å². The summed E-state index contributed by atoms with van der Waals surface area (Å²) in [6.07, 6.45) is 3.78. The summed E-state index contributed by atoms with van der Waals surface area (Å²) >= 11 is 3.50. The molecule has 0 saturated heterocycles. The Morgan fingerprint density at radius 1 is 1.05 bits per heavy atom. The summed E-state index contributed by atoms with van der Waals surface area (Å²) in [5.74, 6) is 0. The van der Waals surface area contributed by atoms with E-state index in [1.807, 2.05) is 23.0 Å². The average molecular weight is 342 g/mol. The van der Waals surface area contributed by atoms with Crippen LogP contribution in [0.1, 0.15) is 11.1 Å². The maximum absolute atomic E-state index is 4.27. The third-order valence-electron chi connectivity index (χ3n) is 3.28. The molecule has 0 aliphatic rings. The summed E-state index contributed by atoms with van der Waals surface area (Å²) in [6, 6.07) is 18.6. The maximum atomic E-state index is 4.27. The van der Waals surface area contributed by atoms with Crippen LogP contribution in [0.5, 0.6) is 0 Å². The molecule has 21 heavy (non-hydrogen) atoms. The molecule has 0 fully saturated rings. The van der Waals surface area contributed by atoms with Gasteiger partial charge in [-0.3, -0.25) is 4.68 Å². The van der Waals surface area contributed by atoms with Gasteiger partial charge in [0.1, 0.15) is 0 Å². The minimum absolute atomic E-state index is 0.772. The van der Waals surface area contributed by atoms with Crippen molar-refractivity contribution in [1.82, 2.24) is 9.78 Å². The molecular weight excluding hydrogens is 326 g/mol. The number of rotatable bonds is 5. The first-order chi connectivity index (χ1) is 10.3. The highest BCUT2D eigenvalue weighted by molar-refractivity contribution is 9.10. The van der Waals surface area contributed by atoms with Crippen molar-refractivity contribution in [1.29, 1.82) is 0 Å². The Labute approximate surface area is 132 Å². The van der Waals surface area contributed by atoms with Crippen LogP contribution in [-0.2, 0) is 13.1 Å². The van der Waals surface area contributed by atoms with Crippen molar-refractivity contribution in [3.63, 3.8) is 0 Å². The molecule has 4 heteroatoms. The highest BCUT2D eigenvalue weighted by atomic mass is 79.9. The molecule has 2 aromatic carbocycles. The van der Waals surface area contributed by atoms with Gasteiger partial charge < -0.3 is 5.32 Å². The van der Waals surface area contributed by atoms with Crippen molar-refractivity contribution in [2.24, 2.45) is 0 Å².